The fourth-order valence-corrected chi connectivity index (χ4v) is 2.55. The SMILES string of the molecule is CCC(NC(C)c1nccn1C)c1ccccc1OC. The lowest BCUT2D eigenvalue weighted by Crippen LogP contribution is -2.26. The third-order valence-electron chi connectivity index (χ3n) is 3.62. The molecule has 1 aromatic carbocycles. The molecule has 0 spiro atoms. The molecule has 0 saturated carbocycles. The zero-order chi connectivity index (χ0) is 14.5. The number of hydrogen-bond donors (Lipinski definition) is 1. The first kappa shape index (κ1) is 14.6. The van der Waals surface area contributed by atoms with Crippen LogP contribution in [0.5, 0.6) is 5.75 Å². The molecule has 4 nitrogen and oxygen atoms in total. The van der Waals surface area contributed by atoms with Crippen molar-refractivity contribution in [2.24, 2.45) is 7.05 Å². The van der Waals surface area contributed by atoms with Crippen LogP contribution in [0, 0.1) is 0 Å². The van der Waals surface area contributed by atoms with Crippen LogP contribution in [-0.2, 0) is 7.05 Å². The number of aromatic nitrogens is 2. The van der Waals surface area contributed by atoms with Crippen LogP contribution >= 0.6 is 0 Å². The summed E-state index contributed by atoms with van der Waals surface area (Å²) in [5.41, 5.74) is 1.19. The first-order chi connectivity index (χ1) is 9.67. The lowest BCUT2D eigenvalue weighted by atomic mass is 10.0. The van der Waals surface area contributed by atoms with Gasteiger partial charge in [-0.3, -0.25) is 0 Å². The van der Waals surface area contributed by atoms with E-state index in [1.54, 1.807) is 7.11 Å². The number of benzene rings is 1. The molecule has 1 N–H and O–H groups in total. The molecule has 4 heteroatoms. The van der Waals surface area contributed by atoms with Crippen LogP contribution in [0.15, 0.2) is 36.7 Å². The van der Waals surface area contributed by atoms with Gasteiger partial charge in [0.1, 0.15) is 11.6 Å². The minimum atomic E-state index is 0.185. The third-order valence-corrected chi connectivity index (χ3v) is 3.62. The van der Waals surface area contributed by atoms with Crippen LogP contribution in [0.2, 0.25) is 0 Å². The fourth-order valence-electron chi connectivity index (χ4n) is 2.55. The standard InChI is InChI=1S/C16H23N3O/c1-5-14(13-8-6-7-9-15(13)20-4)18-12(2)16-17-10-11-19(16)3/h6-12,14,18H,5H2,1-4H3. The summed E-state index contributed by atoms with van der Waals surface area (Å²) in [6, 6.07) is 8.60. The Morgan fingerprint density at radius 2 is 2.10 bits per heavy atom. The van der Waals surface area contributed by atoms with Crippen molar-refractivity contribution in [3.8, 4) is 5.75 Å². The molecular formula is C16H23N3O. The highest BCUT2D eigenvalue weighted by Gasteiger charge is 2.18. The van der Waals surface area contributed by atoms with Crippen LogP contribution in [0.1, 0.15) is 43.7 Å². The summed E-state index contributed by atoms with van der Waals surface area (Å²) in [7, 11) is 3.73. The Bertz CT molecular complexity index is 550. The van der Waals surface area contributed by atoms with Gasteiger partial charge in [-0.15, -0.1) is 0 Å². The molecule has 0 aliphatic rings. The van der Waals surface area contributed by atoms with Gasteiger partial charge in [-0.1, -0.05) is 25.1 Å². The summed E-state index contributed by atoms with van der Waals surface area (Å²) >= 11 is 0. The van der Waals surface area contributed by atoms with Crippen LogP contribution in [0.3, 0.4) is 0 Å². The van der Waals surface area contributed by atoms with Crippen molar-refractivity contribution in [2.45, 2.75) is 32.4 Å². The quantitative estimate of drug-likeness (QED) is 0.878. The van der Waals surface area contributed by atoms with Crippen molar-refractivity contribution < 1.29 is 4.74 Å². The van der Waals surface area contributed by atoms with E-state index in [2.05, 4.69) is 30.2 Å². The monoisotopic (exact) mass is 273 g/mol. The number of methoxy groups -OCH3 is 1. The molecule has 1 heterocycles. The molecule has 2 rings (SSSR count). The Morgan fingerprint density at radius 1 is 1.35 bits per heavy atom. The molecule has 108 valence electrons. The van der Waals surface area contributed by atoms with E-state index in [1.165, 1.54) is 5.56 Å². The number of aryl methyl sites for hydroxylation is 1. The molecule has 0 radical (unpaired) electrons. The van der Waals surface area contributed by atoms with Crippen molar-refractivity contribution in [1.82, 2.24) is 14.9 Å². The molecule has 0 amide bonds. The molecule has 2 atom stereocenters. The second-order valence-electron chi connectivity index (χ2n) is 4.99. The van der Waals surface area contributed by atoms with Crippen molar-refractivity contribution in [2.75, 3.05) is 7.11 Å². The third kappa shape index (κ3) is 3.02. The fraction of sp³-hybridized carbons (Fsp3) is 0.438. The van der Waals surface area contributed by atoms with Crippen LogP contribution < -0.4 is 10.1 Å². The molecule has 0 bridgehead atoms. The molecule has 0 aliphatic carbocycles. The molecule has 1 aromatic heterocycles. The van der Waals surface area contributed by atoms with Crippen LogP contribution in [0.25, 0.3) is 0 Å². The number of nitrogens with zero attached hydrogens (tertiary/aromatic N) is 2. The average Bonchev–Trinajstić information content (AvgIpc) is 2.90. The van der Waals surface area contributed by atoms with Crippen molar-refractivity contribution in [1.29, 1.82) is 0 Å². The second-order valence-corrected chi connectivity index (χ2v) is 4.99. The van der Waals surface area contributed by atoms with Gasteiger partial charge in [-0.25, -0.2) is 4.98 Å². The highest BCUT2D eigenvalue weighted by atomic mass is 16.5. The van der Waals surface area contributed by atoms with Gasteiger partial charge in [-0.2, -0.15) is 0 Å². The van der Waals surface area contributed by atoms with E-state index in [1.807, 2.05) is 42.2 Å². The Kier molecular flexibility index (Phi) is 4.79. The molecule has 20 heavy (non-hydrogen) atoms. The first-order valence-electron chi connectivity index (χ1n) is 7.03. The van der Waals surface area contributed by atoms with Crippen molar-refractivity contribution >= 4 is 0 Å². The summed E-state index contributed by atoms with van der Waals surface area (Å²) in [6.07, 6.45) is 4.80. The van der Waals surface area contributed by atoms with Gasteiger partial charge < -0.3 is 14.6 Å². The predicted molar refractivity (Wildman–Crippen MR) is 80.8 cm³/mol. The maximum absolute atomic E-state index is 5.46. The summed E-state index contributed by atoms with van der Waals surface area (Å²) in [4.78, 5) is 4.41. The molecule has 0 saturated heterocycles. The zero-order valence-electron chi connectivity index (χ0n) is 12.6. The maximum Gasteiger partial charge on any atom is 0.125 e. The van der Waals surface area contributed by atoms with E-state index in [0.29, 0.717) is 0 Å². The lowest BCUT2D eigenvalue weighted by Gasteiger charge is -2.24. The molecule has 0 aliphatic heterocycles. The van der Waals surface area contributed by atoms with E-state index in [0.717, 1.165) is 18.0 Å². The highest BCUT2D eigenvalue weighted by molar-refractivity contribution is 5.36. The van der Waals surface area contributed by atoms with Gasteiger partial charge in [0.25, 0.3) is 0 Å². The average molecular weight is 273 g/mol. The minimum absolute atomic E-state index is 0.185. The van der Waals surface area contributed by atoms with Crippen molar-refractivity contribution in [3.05, 3.63) is 48.0 Å². The summed E-state index contributed by atoms with van der Waals surface area (Å²) in [6.45, 7) is 4.32. The first-order valence-corrected chi connectivity index (χ1v) is 7.03. The van der Waals surface area contributed by atoms with Crippen LogP contribution in [0.4, 0.5) is 0 Å². The number of hydrogen-bond acceptors (Lipinski definition) is 3. The lowest BCUT2D eigenvalue weighted by molar-refractivity contribution is 0.384. The number of imidazole rings is 1. The van der Waals surface area contributed by atoms with Gasteiger partial charge in [0.2, 0.25) is 0 Å². The van der Waals surface area contributed by atoms with Crippen molar-refractivity contribution in [3.63, 3.8) is 0 Å². The topological polar surface area (TPSA) is 39.1 Å². The van der Waals surface area contributed by atoms with Crippen LogP contribution in [-0.4, -0.2) is 16.7 Å². The Labute approximate surface area is 120 Å². The summed E-state index contributed by atoms with van der Waals surface area (Å²) in [5, 5.41) is 3.64. The predicted octanol–water partition coefficient (Wildman–Crippen LogP) is 3.23. The minimum Gasteiger partial charge on any atom is -0.496 e. The van der Waals surface area contributed by atoms with Gasteiger partial charge >= 0.3 is 0 Å². The number of nitrogens with one attached hydrogen (secondary N) is 1. The van der Waals surface area contributed by atoms with Gasteiger partial charge in [0, 0.05) is 31.0 Å². The molecule has 2 unspecified atom stereocenters. The zero-order valence-corrected chi connectivity index (χ0v) is 12.6. The summed E-state index contributed by atoms with van der Waals surface area (Å²) < 4.78 is 7.51. The Morgan fingerprint density at radius 3 is 2.70 bits per heavy atom. The van der Waals surface area contributed by atoms with E-state index in [9.17, 15) is 0 Å². The molecular weight excluding hydrogens is 250 g/mol. The summed E-state index contributed by atoms with van der Waals surface area (Å²) in [5.74, 6) is 1.97. The van der Waals surface area contributed by atoms with E-state index in [-0.39, 0.29) is 12.1 Å². The molecule has 2 aromatic rings. The van der Waals surface area contributed by atoms with Gasteiger partial charge in [0.05, 0.1) is 13.2 Å². The van der Waals surface area contributed by atoms with E-state index < -0.39 is 0 Å². The number of rotatable bonds is 6. The second kappa shape index (κ2) is 6.57. The Balaban J connectivity index is 2.19. The van der Waals surface area contributed by atoms with E-state index in [4.69, 9.17) is 4.74 Å². The van der Waals surface area contributed by atoms with Gasteiger partial charge in [0.15, 0.2) is 0 Å². The maximum atomic E-state index is 5.46. The van der Waals surface area contributed by atoms with E-state index >= 15 is 0 Å². The number of ether oxygens (including phenoxy) is 1. The highest BCUT2D eigenvalue weighted by Crippen LogP contribution is 2.28. The van der Waals surface area contributed by atoms with Gasteiger partial charge in [-0.05, 0) is 19.4 Å². The molecule has 0 fully saturated rings. The number of para-hydroxylation sites is 1. The smallest absolute Gasteiger partial charge is 0.125 e. The Hall–Kier alpha value is -1.81. The normalized spacial score (nSPS) is 14.0. The largest absolute Gasteiger partial charge is 0.496 e.